The molecule has 0 fully saturated rings. The summed E-state index contributed by atoms with van der Waals surface area (Å²) in [6.07, 6.45) is 0. The summed E-state index contributed by atoms with van der Waals surface area (Å²) in [6.45, 7) is 3.49. The standard InChI is InChI=1S/C24H17FN2O5S/c1-11-4-9-16-15(10-11)19(28)17-18(13-5-7-14(25)8-6-13)27(22(29)20(17)32-16)24-26-12(2)21(33-24)23(30)31-3/h4-10,18H,1-3H3. The third-order valence-electron chi connectivity index (χ3n) is 5.57. The van der Waals surface area contributed by atoms with Gasteiger partial charge in [-0.05, 0) is 43.7 Å². The lowest BCUT2D eigenvalue weighted by Gasteiger charge is -2.22. The molecule has 1 atom stereocenters. The van der Waals surface area contributed by atoms with Crippen molar-refractivity contribution in [1.82, 2.24) is 4.98 Å². The van der Waals surface area contributed by atoms with Crippen molar-refractivity contribution in [2.75, 3.05) is 12.0 Å². The molecule has 9 heteroatoms. The number of anilines is 1. The minimum absolute atomic E-state index is 0.0989. The Morgan fingerprint density at radius 3 is 2.58 bits per heavy atom. The van der Waals surface area contributed by atoms with Crippen LogP contribution >= 0.6 is 11.3 Å². The molecule has 5 rings (SSSR count). The number of ether oxygens (including phenoxy) is 1. The monoisotopic (exact) mass is 464 g/mol. The van der Waals surface area contributed by atoms with Gasteiger partial charge in [-0.2, -0.15) is 0 Å². The third-order valence-corrected chi connectivity index (χ3v) is 6.71. The number of hydrogen-bond acceptors (Lipinski definition) is 7. The zero-order valence-corrected chi connectivity index (χ0v) is 18.7. The number of aryl methyl sites for hydroxylation is 2. The van der Waals surface area contributed by atoms with E-state index in [0.717, 1.165) is 16.9 Å². The summed E-state index contributed by atoms with van der Waals surface area (Å²) < 4.78 is 24.4. The molecule has 1 amide bonds. The summed E-state index contributed by atoms with van der Waals surface area (Å²) in [5, 5.41) is 0.555. The maximum atomic E-state index is 13.7. The van der Waals surface area contributed by atoms with Crippen LogP contribution in [0, 0.1) is 19.7 Å². The highest BCUT2D eigenvalue weighted by Crippen LogP contribution is 2.43. The molecule has 7 nitrogen and oxygen atoms in total. The number of carbonyl (C=O) groups excluding carboxylic acids is 2. The first kappa shape index (κ1) is 21.0. The average molecular weight is 464 g/mol. The van der Waals surface area contributed by atoms with Crippen LogP contribution in [-0.4, -0.2) is 24.0 Å². The summed E-state index contributed by atoms with van der Waals surface area (Å²) in [4.78, 5) is 45.2. The molecule has 0 spiro atoms. The first-order valence-electron chi connectivity index (χ1n) is 10.0. The summed E-state index contributed by atoms with van der Waals surface area (Å²) in [5.41, 5.74) is 1.87. The summed E-state index contributed by atoms with van der Waals surface area (Å²) in [5.74, 6) is -1.69. The molecule has 2 aromatic carbocycles. The molecule has 1 aliphatic rings. The van der Waals surface area contributed by atoms with E-state index in [1.54, 1.807) is 25.1 Å². The number of rotatable bonds is 3. The third kappa shape index (κ3) is 3.23. The van der Waals surface area contributed by atoms with E-state index in [1.165, 1.54) is 36.3 Å². The van der Waals surface area contributed by atoms with Crippen molar-refractivity contribution in [3.63, 3.8) is 0 Å². The highest BCUT2D eigenvalue weighted by atomic mass is 32.1. The van der Waals surface area contributed by atoms with Crippen LogP contribution in [0.4, 0.5) is 9.52 Å². The Morgan fingerprint density at radius 2 is 1.88 bits per heavy atom. The topological polar surface area (TPSA) is 89.7 Å². The number of fused-ring (bicyclic) bond motifs is 2. The largest absolute Gasteiger partial charge is 0.465 e. The van der Waals surface area contributed by atoms with E-state index in [9.17, 15) is 18.8 Å². The van der Waals surface area contributed by atoms with E-state index in [2.05, 4.69) is 4.98 Å². The second-order valence-corrected chi connectivity index (χ2v) is 8.68. The number of esters is 1. The molecule has 0 saturated heterocycles. The Bertz CT molecular complexity index is 1510. The van der Waals surface area contributed by atoms with Gasteiger partial charge in [-0.3, -0.25) is 14.5 Å². The molecule has 1 aliphatic heterocycles. The van der Waals surface area contributed by atoms with Crippen LogP contribution in [0.2, 0.25) is 0 Å². The predicted molar refractivity (Wildman–Crippen MR) is 120 cm³/mol. The molecule has 2 aromatic heterocycles. The summed E-state index contributed by atoms with van der Waals surface area (Å²) >= 11 is 0.980. The van der Waals surface area contributed by atoms with Crippen LogP contribution in [-0.2, 0) is 4.74 Å². The van der Waals surface area contributed by atoms with Crippen molar-refractivity contribution in [1.29, 1.82) is 0 Å². The zero-order chi connectivity index (χ0) is 23.4. The van der Waals surface area contributed by atoms with Gasteiger partial charge in [0.1, 0.15) is 16.3 Å². The van der Waals surface area contributed by atoms with E-state index in [1.807, 2.05) is 6.92 Å². The number of nitrogens with zero attached hydrogens (tertiary/aromatic N) is 2. The molecule has 3 heterocycles. The van der Waals surface area contributed by atoms with E-state index in [4.69, 9.17) is 9.15 Å². The lowest BCUT2D eigenvalue weighted by molar-refractivity contribution is 0.0605. The van der Waals surface area contributed by atoms with Crippen LogP contribution in [0.3, 0.4) is 0 Å². The van der Waals surface area contributed by atoms with Crippen LogP contribution in [0.25, 0.3) is 11.0 Å². The molecule has 166 valence electrons. The van der Waals surface area contributed by atoms with Crippen molar-refractivity contribution in [2.24, 2.45) is 0 Å². The van der Waals surface area contributed by atoms with E-state index in [-0.39, 0.29) is 26.8 Å². The van der Waals surface area contributed by atoms with Crippen molar-refractivity contribution >= 4 is 39.3 Å². The number of benzene rings is 2. The Hall–Kier alpha value is -3.85. The molecule has 1 unspecified atom stereocenters. The number of aromatic nitrogens is 1. The highest BCUT2D eigenvalue weighted by Gasteiger charge is 2.45. The molecule has 0 aliphatic carbocycles. The van der Waals surface area contributed by atoms with Gasteiger partial charge in [0.25, 0.3) is 5.91 Å². The first-order chi connectivity index (χ1) is 15.8. The molecule has 33 heavy (non-hydrogen) atoms. The van der Waals surface area contributed by atoms with Gasteiger partial charge in [-0.25, -0.2) is 14.2 Å². The summed E-state index contributed by atoms with van der Waals surface area (Å²) in [7, 11) is 1.26. The number of thiazole rings is 1. The van der Waals surface area contributed by atoms with Gasteiger partial charge in [0.2, 0.25) is 5.76 Å². The van der Waals surface area contributed by atoms with Gasteiger partial charge < -0.3 is 9.15 Å². The molecule has 0 bridgehead atoms. The van der Waals surface area contributed by atoms with Gasteiger partial charge >= 0.3 is 5.97 Å². The van der Waals surface area contributed by atoms with Gasteiger partial charge in [-0.1, -0.05) is 35.1 Å². The van der Waals surface area contributed by atoms with E-state index < -0.39 is 23.7 Å². The fraction of sp³-hybridized carbons (Fsp3) is 0.167. The minimum Gasteiger partial charge on any atom is -0.465 e. The number of hydrogen-bond donors (Lipinski definition) is 0. The van der Waals surface area contributed by atoms with E-state index in [0.29, 0.717) is 22.2 Å². The Morgan fingerprint density at radius 1 is 1.15 bits per heavy atom. The SMILES string of the molecule is COC(=O)c1sc(N2C(=O)c3oc4ccc(C)cc4c(=O)c3C2c2ccc(F)cc2)nc1C. The minimum atomic E-state index is -0.898. The van der Waals surface area contributed by atoms with Crippen molar-refractivity contribution in [3.8, 4) is 0 Å². The second kappa shape index (κ2) is 7.63. The lowest BCUT2D eigenvalue weighted by atomic mass is 9.98. The number of amides is 1. The number of carbonyl (C=O) groups is 2. The maximum Gasteiger partial charge on any atom is 0.350 e. The second-order valence-electron chi connectivity index (χ2n) is 7.71. The lowest BCUT2D eigenvalue weighted by Crippen LogP contribution is -2.29. The molecular weight excluding hydrogens is 447 g/mol. The molecule has 0 radical (unpaired) electrons. The predicted octanol–water partition coefficient (Wildman–Crippen LogP) is 4.54. The molecule has 4 aromatic rings. The van der Waals surface area contributed by atoms with Crippen molar-refractivity contribution in [2.45, 2.75) is 19.9 Å². The Balaban J connectivity index is 1.78. The number of methoxy groups -OCH3 is 1. The van der Waals surface area contributed by atoms with Crippen LogP contribution < -0.4 is 10.3 Å². The van der Waals surface area contributed by atoms with Gasteiger partial charge in [-0.15, -0.1) is 0 Å². The van der Waals surface area contributed by atoms with Crippen molar-refractivity contribution in [3.05, 3.63) is 91.5 Å². The summed E-state index contributed by atoms with van der Waals surface area (Å²) in [6, 6.07) is 9.79. The van der Waals surface area contributed by atoms with Gasteiger partial charge in [0.05, 0.1) is 29.8 Å². The van der Waals surface area contributed by atoms with Gasteiger partial charge in [0, 0.05) is 0 Å². The quantitative estimate of drug-likeness (QED) is 0.414. The molecular formula is C24H17FN2O5S. The van der Waals surface area contributed by atoms with Crippen LogP contribution in [0.15, 0.2) is 51.7 Å². The first-order valence-corrected chi connectivity index (χ1v) is 10.8. The average Bonchev–Trinajstić information content (AvgIpc) is 3.32. The Labute approximate surface area is 191 Å². The fourth-order valence-electron chi connectivity index (χ4n) is 4.01. The van der Waals surface area contributed by atoms with Crippen molar-refractivity contribution < 1.29 is 23.1 Å². The number of halogens is 1. The van der Waals surface area contributed by atoms with Gasteiger partial charge in [0.15, 0.2) is 10.6 Å². The Kier molecular flexibility index (Phi) is 4.86. The molecule has 0 N–H and O–H groups in total. The molecule has 0 saturated carbocycles. The smallest absolute Gasteiger partial charge is 0.350 e. The van der Waals surface area contributed by atoms with Crippen LogP contribution in [0.1, 0.15) is 48.7 Å². The highest BCUT2D eigenvalue weighted by molar-refractivity contribution is 7.17. The zero-order valence-electron chi connectivity index (χ0n) is 17.8. The van der Waals surface area contributed by atoms with E-state index >= 15 is 0 Å². The maximum absolute atomic E-state index is 13.7. The normalized spacial score (nSPS) is 15.2. The fourth-order valence-corrected chi connectivity index (χ4v) is 5.02. The van der Waals surface area contributed by atoms with Crippen LogP contribution in [0.5, 0.6) is 0 Å².